The van der Waals surface area contributed by atoms with Crippen LogP contribution in [0.5, 0.6) is 11.5 Å². The highest BCUT2D eigenvalue weighted by Crippen LogP contribution is 2.34. The molecule has 0 saturated heterocycles. The van der Waals surface area contributed by atoms with Crippen LogP contribution < -0.4 is 19.1 Å². The largest absolute Gasteiger partial charge is 0.493 e. The summed E-state index contributed by atoms with van der Waals surface area (Å²) in [6, 6.07) is 29.2. The predicted molar refractivity (Wildman–Crippen MR) is 187 cm³/mol. The summed E-state index contributed by atoms with van der Waals surface area (Å²) >= 11 is 0. The van der Waals surface area contributed by atoms with E-state index >= 15 is 0 Å². The molecule has 1 aliphatic rings. The summed E-state index contributed by atoms with van der Waals surface area (Å²) < 4.78 is 40.5. The van der Waals surface area contributed by atoms with Crippen LogP contribution in [0.1, 0.15) is 42.4 Å². The quantitative estimate of drug-likeness (QED) is 0.179. The number of aryl methyl sites for hydroxylation is 1. The van der Waals surface area contributed by atoms with Crippen LogP contribution >= 0.6 is 0 Å². The summed E-state index contributed by atoms with van der Waals surface area (Å²) in [4.78, 5) is 30.5. The average Bonchev–Trinajstić information content (AvgIpc) is 3.62. The molecule has 0 radical (unpaired) electrons. The topological polar surface area (TPSA) is 105 Å². The minimum absolute atomic E-state index is 0.0256. The molecule has 0 aromatic heterocycles. The van der Waals surface area contributed by atoms with Crippen molar-refractivity contribution in [3.05, 3.63) is 120 Å². The summed E-state index contributed by atoms with van der Waals surface area (Å²) in [5.41, 5.74) is 2.95. The van der Waals surface area contributed by atoms with Crippen LogP contribution in [0.2, 0.25) is 0 Å². The van der Waals surface area contributed by atoms with Gasteiger partial charge in [0.2, 0.25) is 11.8 Å². The van der Waals surface area contributed by atoms with Crippen molar-refractivity contribution in [2.24, 2.45) is 0 Å². The fraction of sp³-hybridized carbons (Fsp3) is 0.316. The van der Waals surface area contributed by atoms with Crippen LogP contribution in [0.3, 0.4) is 0 Å². The first-order valence-electron chi connectivity index (χ1n) is 16.2. The van der Waals surface area contributed by atoms with Crippen molar-refractivity contribution < 1.29 is 27.5 Å². The van der Waals surface area contributed by atoms with Crippen molar-refractivity contribution in [2.45, 2.75) is 62.6 Å². The number of hydrogen-bond donors (Lipinski definition) is 1. The smallest absolute Gasteiger partial charge is 0.264 e. The number of nitrogens with zero attached hydrogens (tertiary/aromatic N) is 2. The Bertz CT molecular complexity index is 1790. The second-order valence-corrected chi connectivity index (χ2v) is 13.9. The van der Waals surface area contributed by atoms with Crippen molar-refractivity contribution in [2.75, 3.05) is 25.1 Å². The zero-order valence-electron chi connectivity index (χ0n) is 27.7. The molecular weight excluding hydrogens is 627 g/mol. The molecular formula is C38H43N3O6S. The molecule has 4 aromatic rings. The standard InChI is InChI=1S/C38H43N3O6S/c1-28-13-12-16-30(23-28)26-40(34(24-29-14-6-4-7-15-29)38(43)39-31-17-10-11-18-31)37(42)27-41(48(44,45)33-19-8-5-9-20-33)32-21-22-35(46-2)36(25-32)47-3/h4-9,12-16,19-23,25,31,34H,10-11,17-18,24,26-27H2,1-3H3,(H,39,43)/t34-/m1/s1. The number of amides is 2. The van der Waals surface area contributed by atoms with Gasteiger partial charge in [0, 0.05) is 25.1 Å². The van der Waals surface area contributed by atoms with Gasteiger partial charge in [-0.05, 0) is 55.2 Å². The molecule has 1 atom stereocenters. The van der Waals surface area contributed by atoms with E-state index in [0.717, 1.165) is 46.7 Å². The van der Waals surface area contributed by atoms with Gasteiger partial charge in [-0.15, -0.1) is 0 Å². The maximum Gasteiger partial charge on any atom is 0.264 e. The summed E-state index contributed by atoms with van der Waals surface area (Å²) in [6.07, 6.45) is 4.12. The molecule has 0 heterocycles. The second kappa shape index (κ2) is 15.8. The molecule has 2 amide bonds. The van der Waals surface area contributed by atoms with Crippen LogP contribution in [0, 0.1) is 6.92 Å². The molecule has 1 aliphatic carbocycles. The normalized spacial score (nSPS) is 13.8. The summed E-state index contributed by atoms with van der Waals surface area (Å²) in [5, 5.41) is 3.21. The number of anilines is 1. The monoisotopic (exact) mass is 669 g/mol. The van der Waals surface area contributed by atoms with E-state index in [9.17, 15) is 18.0 Å². The number of sulfonamides is 1. The molecule has 252 valence electrons. The van der Waals surface area contributed by atoms with Crippen LogP contribution in [0.15, 0.2) is 108 Å². The van der Waals surface area contributed by atoms with Gasteiger partial charge in [-0.1, -0.05) is 91.2 Å². The third-order valence-corrected chi connectivity index (χ3v) is 10.5. The Morgan fingerprint density at radius 3 is 2.10 bits per heavy atom. The van der Waals surface area contributed by atoms with E-state index in [1.807, 2.05) is 61.5 Å². The number of rotatable bonds is 14. The first kappa shape index (κ1) is 34.5. The second-order valence-electron chi connectivity index (χ2n) is 12.1. The van der Waals surface area contributed by atoms with Gasteiger partial charge in [0.15, 0.2) is 11.5 Å². The number of nitrogens with one attached hydrogen (secondary N) is 1. The lowest BCUT2D eigenvalue weighted by Crippen LogP contribution is -2.54. The van der Waals surface area contributed by atoms with Crippen LogP contribution in [0.25, 0.3) is 0 Å². The van der Waals surface area contributed by atoms with Gasteiger partial charge in [-0.2, -0.15) is 0 Å². The Morgan fingerprint density at radius 1 is 0.812 bits per heavy atom. The summed E-state index contributed by atoms with van der Waals surface area (Å²) in [5.74, 6) is -0.0499. The van der Waals surface area contributed by atoms with E-state index < -0.39 is 28.5 Å². The fourth-order valence-electron chi connectivity index (χ4n) is 6.16. The van der Waals surface area contributed by atoms with E-state index in [0.29, 0.717) is 11.5 Å². The molecule has 1 fully saturated rings. The highest BCUT2D eigenvalue weighted by Gasteiger charge is 2.36. The Labute approximate surface area is 283 Å². The zero-order chi connectivity index (χ0) is 34.1. The van der Waals surface area contributed by atoms with Crippen LogP contribution in [0.4, 0.5) is 5.69 Å². The van der Waals surface area contributed by atoms with E-state index in [4.69, 9.17) is 9.47 Å². The van der Waals surface area contributed by atoms with Crippen LogP contribution in [-0.4, -0.2) is 58.0 Å². The minimum Gasteiger partial charge on any atom is -0.493 e. The van der Waals surface area contributed by atoms with Gasteiger partial charge in [0.25, 0.3) is 10.0 Å². The zero-order valence-corrected chi connectivity index (χ0v) is 28.5. The van der Waals surface area contributed by atoms with E-state index in [1.54, 1.807) is 30.3 Å². The Hall–Kier alpha value is -4.83. The molecule has 10 heteroatoms. The minimum atomic E-state index is -4.24. The van der Waals surface area contributed by atoms with E-state index in [2.05, 4.69) is 5.32 Å². The highest BCUT2D eigenvalue weighted by atomic mass is 32.2. The van der Waals surface area contributed by atoms with Crippen molar-refractivity contribution in [3.8, 4) is 11.5 Å². The molecule has 9 nitrogen and oxygen atoms in total. The Kier molecular flexibility index (Phi) is 11.4. The van der Waals surface area contributed by atoms with Gasteiger partial charge in [-0.3, -0.25) is 13.9 Å². The van der Waals surface area contributed by atoms with Crippen LogP contribution in [-0.2, 0) is 32.6 Å². The molecule has 1 N–H and O–H groups in total. The molecule has 1 saturated carbocycles. The Balaban J connectivity index is 1.59. The molecule has 0 bridgehead atoms. The van der Waals surface area contributed by atoms with Gasteiger partial charge < -0.3 is 19.7 Å². The number of ether oxygens (including phenoxy) is 2. The number of methoxy groups -OCH3 is 2. The lowest BCUT2D eigenvalue weighted by molar-refractivity contribution is -0.140. The first-order chi connectivity index (χ1) is 23.2. The Morgan fingerprint density at radius 2 is 1.46 bits per heavy atom. The molecule has 0 unspecified atom stereocenters. The van der Waals surface area contributed by atoms with Gasteiger partial charge in [0.1, 0.15) is 12.6 Å². The van der Waals surface area contributed by atoms with Gasteiger partial charge >= 0.3 is 0 Å². The van der Waals surface area contributed by atoms with E-state index in [1.165, 1.54) is 37.3 Å². The lowest BCUT2D eigenvalue weighted by Gasteiger charge is -2.34. The number of carbonyl (C=O) groups is 2. The number of carbonyl (C=O) groups excluding carboxylic acids is 2. The van der Waals surface area contributed by atoms with Crippen molar-refractivity contribution >= 4 is 27.5 Å². The molecule has 4 aromatic carbocycles. The average molecular weight is 670 g/mol. The van der Waals surface area contributed by atoms with E-state index in [-0.39, 0.29) is 35.5 Å². The molecule has 48 heavy (non-hydrogen) atoms. The molecule has 5 rings (SSSR count). The summed E-state index contributed by atoms with van der Waals surface area (Å²) in [6.45, 7) is 1.52. The van der Waals surface area contributed by atoms with Gasteiger partial charge in [0.05, 0.1) is 24.8 Å². The highest BCUT2D eigenvalue weighted by molar-refractivity contribution is 7.92. The maximum atomic E-state index is 14.7. The first-order valence-corrected chi connectivity index (χ1v) is 17.6. The summed E-state index contributed by atoms with van der Waals surface area (Å²) in [7, 11) is -1.29. The predicted octanol–water partition coefficient (Wildman–Crippen LogP) is 5.91. The number of benzene rings is 4. The molecule has 0 aliphatic heterocycles. The number of hydrogen-bond acceptors (Lipinski definition) is 6. The fourth-order valence-corrected chi connectivity index (χ4v) is 7.58. The SMILES string of the molecule is COc1ccc(N(CC(=O)N(Cc2cccc(C)c2)[C@H](Cc2ccccc2)C(=O)NC2CCCC2)S(=O)(=O)c2ccccc2)cc1OC. The molecule has 0 spiro atoms. The lowest BCUT2D eigenvalue weighted by atomic mass is 10.0. The van der Waals surface area contributed by atoms with Crippen molar-refractivity contribution in [1.29, 1.82) is 0 Å². The third-order valence-electron chi connectivity index (χ3n) is 8.67. The third kappa shape index (κ3) is 8.36. The van der Waals surface area contributed by atoms with Crippen molar-refractivity contribution in [1.82, 2.24) is 10.2 Å². The van der Waals surface area contributed by atoms with Crippen molar-refractivity contribution in [3.63, 3.8) is 0 Å². The maximum absolute atomic E-state index is 14.7. The van der Waals surface area contributed by atoms with Gasteiger partial charge in [-0.25, -0.2) is 8.42 Å².